The molecule has 0 heterocycles. The topological polar surface area (TPSA) is 64.6 Å². The number of carbonyl (C=O) groups excluding carboxylic acids is 2. The van der Waals surface area contributed by atoms with E-state index in [-0.39, 0.29) is 18.4 Å². The van der Waals surface area contributed by atoms with Crippen molar-refractivity contribution in [2.75, 3.05) is 7.11 Å². The van der Waals surface area contributed by atoms with Gasteiger partial charge < -0.3 is 14.8 Å². The number of ether oxygens (including phenoxy) is 2. The molecule has 1 aromatic carbocycles. The first kappa shape index (κ1) is 14.4. The highest BCUT2D eigenvalue weighted by Gasteiger charge is 2.27. The number of methoxy groups -OCH3 is 1. The van der Waals surface area contributed by atoms with Crippen molar-refractivity contribution in [3.63, 3.8) is 0 Å². The van der Waals surface area contributed by atoms with Crippen LogP contribution >= 0.6 is 0 Å². The molecule has 0 spiro atoms. The molecule has 0 bridgehead atoms. The van der Waals surface area contributed by atoms with Crippen LogP contribution in [0.25, 0.3) is 0 Å². The summed E-state index contributed by atoms with van der Waals surface area (Å²) < 4.78 is 10.2. The Hall–Kier alpha value is -2.04. The minimum Gasteiger partial charge on any atom is -0.497 e. The molecular weight excluding hydrogens is 258 g/mol. The molecule has 0 unspecified atom stereocenters. The van der Waals surface area contributed by atoms with Gasteiger partial charge in [0.25, 0.3) is 5.91 Å². The van der Waals surface area contributed by atoms with Crippen molar-refractivity contribution in [3.8, 4) is 5.75 Å². The van der Waals surface area contributed by atoms with E-state index >= 15 is 0 Å². The number of benzene rings is 1. The molecule has 108 valence electrons. The molecule has 0 radical (unpaired) electrons. The van der Waals surface area contributed by atoms with Crippen LogP contribution in [0.5, 0.6) is 5.75 Å². The van der Waals surface area contributed by atoms with Gasteiger partial charge in [0, 0.05) is 6.04 Å². The standard InChI is InChI=1S/C15H19NO4/c1-10(15(18)16-12-6-7-12)20-14(17)9-11-4-3-5-13(8-11)19-2/h3-5,8,10,12H,6-7,9H2,1-2H3,(H,16,18)/t10-/m1/s1. The van der Waals surface area contributed by atoms with E-state index in [1.807, 2.05) is 12.1 Å². The SMILES string of the molecule is COc1cccc(CC(=O)O[C@H](C)C(=O)NC2CC2)c1. The molecule has 1 fully saturated rings. The molecule has 5 nitrogen and oxygen atoms in total. The smallest absolute Gasteiger partial charge is 0.311 e. The lowest BCUT2D eigenvalue weighted by Gasteiger charge is -2.13. The summed E-state index contributed by atoms with van der Waals surface area (Å²) in [6, 6.07) is 7.47. The number of hydrogen-bond donors (Lipinski definition) is 1. The van der Waals surface area contributed by atoms with Gasteiger partial charge >= 0.3 is 5.97 Å². The van der Waals surface area contributed by atoms with Crippen LogP contribution in [-0.4, -0.2) is 31.1 Å². The van der Waals surface area contributed by atoms with E-state index in [1.54, 1.807) is 26.2 Å². The molecule has 1 aliphatic rings. The normalized spacial score (nSPS) is 15.3. The summed E-state index contributed by atoms with van der Waals surface area (Å²) in [4.78, 5) is 23.5. The predicted molar refractivity (Wildman–Crippen MR) is 73.4 cm³/mol. The van der Waals surface area contributed by atoms with Gasteiger partial charge in [-0.1, -0.05) is 12.1 Å². The van der Waals surface area contributed by atoms with Crippen LogP contribution in [0.15, 0.2) is 24.3 Å². The first-order chi connectivity index (χ1) is 9.58. The first-order valence-electron chi connectivity index (χ1n) is 6.71. The molecule has 1 N–H and O–H groups in total. The quantitative estimate of drug-likeness (QED) is 0.799. The van der Waals surface area contributed by atoms with Crippen LogP contribution in [0.1, 0.15) is 25.3 Å². The highest BCUT2D eigenvalue weighted by Crippen LogP contribution is 2.19. The minimum absolute atomic E-state index is 0.123. The second-order valence-corrected chi connectivity index (χ2v) is 4.94. The van der Waals surface area contributed by atoms with Crippen molar-refractivity contribution in [1.29, 1.82) is 0 Å². The summed E-state index contributed by atoms with van der Waals surface area (Å²) in [7, 11) is 1.57. The first-order valence-corrected chi connectivity index (χ1v) is 6.71. The minimum atomic E-state index is -0.756. The number of esters is 1. The van der Waals surface area contributed by atoms with Gasteiger partial charge in [0.15, 0.2) is 6.10 Å². The lowest BCUT2D eigenvalue weighted by molar-refractivity contribution is -0.154. The second kappa shape index (κ2) is 6.41. The van der Waals surface area contributed by atoms with Crippen molar-refractivity contribution in [2.24, 2.45) is 0 Å². The number of hydrogen-bond acceptors (Lipinski definition) is 4. The summed E-state index contributed by atoms with van der Waals surface area (Å²) in [5.41, 5.74) is 0.796. The van der Waals surface area contributed by atoms with E-state index in [1.165, 1.54) is 0 Å². The van der Waals surface area contributed by atoms with Gasteiger partial charge in [-0.3, -0.25) is 9.59 Å². The third-order valence-corrected chi connectivity index (χ3v) is 3.08. The summed E-state index contributed by atoms with van der Waals surface area (Å²) in [6.45, 7) is 1.58. The molecular formula is C15H19NO4. The van der Waals surface area contributed by atoms with Crippen molar-refractivity contribution in [2.45, 2.75) is 38.3 Å². The average molecular weight is 277 g/mol. The summed E-state index contributed by atoms with van der Waals surface area (Å²) in [6.07, 6.45) is 1.39. The second-order valence-electron chi connectivity index (χ2n) is 4.94. The molecule has 1 aliphatic carbocycles. The molecule has 1 amide bonds. The van der Waals surface area contributed by atoms with Gasteiger partial charge in [0.1, 0.15) is 5.75 Å². The molecule has 2 rings (SSSR count). The Kier molecular flexibility index (Phi) is 4.61. The highest BCUT2D eigenvalue weighted by atomic mass is 16.5. The van der Waals surface area contributed by atoms with Gasteiger partial charge in [0.05, 0.1) is 13.5 Å². The Morgan fingerprint density at radius 1 is 1.40 bits per heavy atom. The van der Waals surface area contributed by atoms with E-state index in [2.05, 4.69) is 5.32 Å². The Balaban J connectivity index is 1.82. The van der Waals surface area contributed by atoms with Crippen molar-refractivity contribution >= 4 is 11.9 Å². The molecule has 1 atom stereocenters. The number of carbonyl (C=O) groups is 2. The fourth-order valence-electron chi connectivity index (χ4n) is 1.79. The van der Waals surface area contributed by atoms with Crippen LogP contribution in [0.4, 0.5) is 0 Å². The number of rotatable bonds is 6. The Labute approximate surface area is 118 Å². The van der Waals surface area contributed by atoms with Gasteiger partial charge in [-0.15, -0.1) is 0 Å². The zero-order valence-corrected chi connectivity index (χ0v) is 11.7. The third kappa shape index (κ3) is 4.26. The molecule has 1 aromatic rings. The fraction of sp³-hybridized carbons (Fsp3) is 0.467. The van der Waals surface area contributed by atoms with Crippen LogP contribution in [0.3, 0.4) is 0 Å². The zero-order chi connectivity index (χ0) is 14.5. The average Bonchev–Trinajstić information content (AvgIpc) is 3.22. The molecule has 0 saturated heterocycles. The monoisotopic (exact) mass is 277 g/mol. The van der Waals surface area contributed by atoms with E-state index in [9.17, 15) is 9.59 Å². The van der Waals surface area contributed by atoms with Gasteiger partial charge in [0.2, 0.25) is 0 Å². The largest absolute Gasteiger partial charge is 0.497 e. The summed E-state index contributed by atoms with van der Waals surface area (Å²) >= 11 is 0. The van der Waals surface area contributed by atoms with Gasteiger partial charge in [-0.25, -0.2) is 0 Å². The molecule has 1 saturated carbocycles. The van der Waals surface area contributed by atoms with E-state index in [4.69, 9.17) is 9.47 Å². The van der Waals surface area contributed by atoms with Crippen LogP contribution in [0.2, 0.25) is 0 Å². The van der Waals surface area contributed by atoms with E-state index in [0.29, 0.717) is 5.75 Å². The fourth-order valence-corrected chi connectivity index (χ4v) is 1.79. The maximum Gasteiger partial charge on any atom is 0.311 e. The van der Waals surface area contributed by atoms with Gasteiger partial charge in [-0.05, 0) is 37.5 Å². The Morgan fingerprint density at radius 2 is 2.15 bits per heavy atom. The van der Waals surface area contributed by atoms with Crippen LogP contribution < -0.4 is 10.1 Å². The van der Waals surface area contributed by atoms with Crippen molar-refractivity contribution < 1.29 is 19.1 Å². The van der Waals surface area contributed by atoms with Crippen LogP contribution in [-0.2, 0) is 20.7 Å². The number of nitrogens with one attached hydrogen (secondary N) is 1. The Bertz CT molecular complexity index is 496. The highest BCUT2D eigenvalue weighted by molar-refractivity contribution is 5.84. The van der Waals surface area contributed by atoms with E-state index < -0.39 is 12.1 Å². The lowest BCUT2D eigenvalue weighted by atomic mass is 10.1. The zero-order valence-electron chi connectivity index (χ0n) is 11.7. The maximum atomic E-state index is 11.8. The molecule has 20 heavy (non-hydrogen) atoms. The molecule has 5 heteroatoms. The number of amides is 1. The summed E-state index contributed by atoms with van der Waals surface area (Å²) in [5.74, 6) is 0.0398. The van der Waals surface area contributed by atoms with Gasteiger partial charge in [-0.2, -0.15) is 0 Å². The molecule has 0 aliphatic heterocycles. The van der Waals surface area contributed by atoms with Crippen molar-refractivity contribution in [3.05, 3.63) is 29.8 Å². The predicted octanol–water partition coefficient (Wildman–Crippen LogP) is 1.45. The van der Waals surface area contributed by atoms with E-state index in [0.717, 1.165) is 18.4 Å². The third-order valence-electron chi connectivity index (χ3n) is 3.08. The molecule has 0 aromatic heterocycles. The lowest BCUT2D eigenvalue weighted by Crippen LogP contribution is -2.37. The Morgan fingerprint density at radius 3 is 2.80 bits per heavy atom. The van der Waals surface area contributed by atoms with Crippen LogP contribution in [0, 0.1) is 0 Å². The van der Waals surface area contributed by atoms with Crippen molar-refractivity contribution in [1.82, 2.24) is 5.32 Å². The maximum absolute atomic E-state index is 11.8. The summed E-state index contributed by atoms with van der Waals surface area (Å²) in [5, 5.41) is 2.80.